The Balaban J connectivity index is 2.83. The van der Waals surface area contributed by atoms with Crippen molar-refractivity contribution in [2.24, 2.45) is 0 Å². The van der Waals surface area contributed by atoms with E-state index in [0.29, 0.717) is 0 Å². The van der Waals surface area contributed by atoms with E-state index in [1.807, 2.05) is 0 Å². The zero-order valence-corrected chi connectivity index (χ0v) is 9.48. The maximum Gasteiger partial charge on any atom is 0.354 e. The number of anilines is 1. The molecule has 1 unspecified atom stereocenters. The first kappa shape index (κ1) is 13.6. The molecule has 96 valence electrons. The highest BCUT2D eigenvalue weighted by Gasteiger charge is 2.17. The fraction of sp³-hybridized carbons (Fsp3) is 0.667. The molecule has 0 bridgehead atoms. The van der Waals surface area contributed by atoms with E-state index >= 15 is 0 Å². The molecule has 1 heterocycles. The molecule has 1 aromatic heterocycles. The quantitative estimate of drug-likeness (QED) is 0.556. The van der Waals surface area contributed by atoms with Gasteiger partial charge in [0.1, 0.15) is 12.6 Å². The number of nitrogens with two attached hydrogens (primary N) is 1. The summed E-state index contributed by atoms with van der Waals surface area (Å²) in [5.41, 5.74) is 4.66. The van der Waals surface area contributed by atoms with Gasteiger partial charge < -0.3 is 20.7 Å². The number of aliphatic hydroxyl groups is 2. The Kier molecular flexibility index (Phi) is 5.01. The van der Waals surface area contributed by atoms with E-state index in [-0.39, 0.29) is 25.4 Å². The first-order valence-electron chi connectivity index (χ1n) is 5.10. The van der Waals surface area contributed by atoms with E-state index in [1.165, 1.54) is 13.4 Å². The molecule has 0 saturated heterocycles. The van der Waals surface area contributed by atoms with E-state index in [4.69, 9.17) is 15.6 Å². The summed E-state index contributed by atoms with van der Waals surface area (Å²) in [4.78, 5) is 18.6. The Morgan fingerprint density at radius 2 is 2.35 bits per heavy atom. The van der Waals surface area contributed by atoms with Crippen LogP contribution in [0, 0.1) is 0 Å². The molecular formula is C9H16N4O4. The van der Waals surface area contributed by atoms with Crippen molar-refractivity contribution in [2.45, 2.75) is 25.2 Å². The normalized spacial score (nSPS) is 14.5. The van der Waals surface area contributed by atoms with E-state index in [2.05, 4.69) is 9.97 Å². The van der Waals surface area contributed by atoms with Crippen molar-refractivity contribution in [3.63, 3.8) is 0 Å². The highest BCUT2D eigenvalue weighted by atomic mass is 16.5. The summed E-state index contributed by atoms with van der Waals surface area (Å²) in [6, 6.07) is 0. The number of rotatable bonds is 6. The van der Waals surface area contributed by atoms with Crippen LogP contribution in [-0.2, 0) is 4.74 Å². The summed E-state index contributed by atoms with van der Waals surface area (Å²) in [6.07, 6.45) is 0.123. The molecule has 0 saturated carbocycles. The van der Waals surface area contributed by atoms with Gasteiger partial charge in [-0.3, -0.25) is 4.57 Å². The third kappa shape index (κ3) is 3.77. The lowest BCUT2D eigenvalue weighted by molar-refractivity contribution is -0.00985. The third-order valence-electron chi connectivity index (χ3n) is 2.26. The Hall–Kier alpha value is -1.51. The number of hydrogen-bond donors (Lipinski definition) is 3. The minimum absolute atomic E-state index is 0.114. The Morgan fingerprint density at radius 3 is 2.88 bits per heavy atom. The molecule has 0 spiro atoms. The number of nitrogen functional groups attached to an aromatic ring is 1. The van der Waals surface area contributed by atoms with Gasteiger partial charge >= 0.3 is 5.69 Å². The average Bonchev–Trinajstić information content (AvgIpc) is 2.27. The van der Waals surface area contributed by atoms with Gasteiger partial charge in [-0.15, -0.1) is 0 Å². The molecule has 4 N–H and O–H groups in total. The second-order valence-corrected chi connectivity index (χ2v) is 3.50. The highest BCUT2D eigenvalue weighted by molar-refractivity contribution is 5.09. The lowest BCUT2D eigenvalue weighted by atomic mass is 10.2. The molecule has 0 radical (unpaired) electrons. The van der Waals surface area contributed by atoms with Gasteiger partial charge in [0.15, 0.2) is 0 Å². The fourth-order valence-corrected chi connectivity index (χ4v) is 1.38. The van der Waals surface area contributed by atoms with Crippen molar-refractivity contribution < 1.29 is 14.9 Å². The van der Waals surface area contributed by atoms with Crippen LogP contribution in [0.3, 0.4) is 0 Å². The van der Waals surface area contributed by atoms with Crippen LogP contribution in [0.2, 0.25) is 0 Å². The molecule has 0 fully saturated rings. The summed E-state index contributed by atoms with van der Waals surface area (Å²) >= 11 is 0. The van der Waals surface area contributed by atoms with Crippen LogP contribution >= 0.6 is 0 Å². The molecule has 0 aromatic carbocycles. The lowest BCUT2D eigenvalue weighted by Crippen LogP contribution is -2.31. The minimum Gasteiger partial charge on any atom is -0.396 e. The van der Waals surface area contributed by atoms with Gasteiger partial charge in [0.2, 0.25) is 5.95 Å². The SMILES string of the molecule is CO[C@H](CC(O)CCO)n1cnc(N)nc1=O. The van der Waals surface area contributed by atoms with Gasteiger partial charge in [0.25, 0.3) is 0 Å². The van der Waals surface area contributed by atoms with Gasteiger partial charge in [0.05, 0.1) is 6.10 Å². The van der Waals surface area contributed by atoms with Crippen LogP contribution in [-0.4, -0.2) is 44.6 Å². The number of aliphatic hydroxyl groups excluding tert-OH is 2. The predicted octanol–water partition coefficient (Wildman–Crippen LogP) is -1.50. The second kappa shape index (κ2) is 6.28. The molecule has 1 aromatic rings. The number of hydrogen-bond acceptors (Lipinski definition) is 7. The van der Waals surface area contributed by atoms with E-state index in [9.17, 15) is 9.90 Å². The summed E-state index contributed by atoms with van der Waals surface area (Å²) < 4.78 is 6.21. The molecule has 1 rings (SSSR count). The zero-order chi connectivity index (χ0) is 12.8. The number of nitrogens with zero attached hydrogens (tertiary/aromatic N) is 3. The van der Waals surface area contributed by atoms with E-state index < -0.39 is 18.0 Å². The van der Waals surface area contributed by atoms with Crippen LogP contribution in [0.4, 0.5) is 5.95 Å². The lowest BCUT2D eigenvalue weighted by Gasteiger charge is -2.19. The summed E-state index contributed by atoms with van der Waals surface area (Å²) in [7, 11) is 1.40. The Bertz CT molecular complexity index is 408. The minimum atomic E-state index is -0.769. The van der Waals surface area contributed by atoms with Crippen molar-refractivity contribution in [2.75, 3.05) is 19.5 Å². The van der Waals surface area contributed by atoms with E-state index in [0.717, 1.165) is 4.57 Å². The standard InChI is InChI=1S/C9H16N4O4/c1-17-7(4-6(15)2-3-14)13-5-11-8(10)12-9(13)16/h5-7,14-15H,2-4H2,1H3,(H2,10,12,16)/t6?,7-/m1/s1. The van der Waals surface area contributed by atoms with Gasteiger partial charge in [-0.1, -0.05) is 0 Å². The predicted molar refractivity (Wildman–Crippen MR) is 59.1 cm³/mol. The largest absolute Gasteiger partial charge is 0.396 e. The fourth-order valence-electron chi connectivity index (χ4n) is 1.38. The summed E-state index contributed by atoms with van der Waals surface area (Å²) in [5, 5.41) is 18.2. The average molecular weight is 244 g/mol. The molecule has 0 aliphatic carbocycles. The molecule has 0 aliphatic heterocycles. The van der Waals surface area contributed by atoms with Crippen molar-refractivity contribution >= 4 is 5.95 Å². The monoisotopic (exact) mass is 244 g/mol. The Morgan fingerprint density at radius 1 is 1.65 bits per heavy atom. The molecule has 0 aliphatic rings. The zero-order valence-electron chi connectivity index (χ0n) is 9.48. The van der Waals surface area contributed by atoms with E-state index in [1.54, 1.807) is 0 Å². The number of methoxy groups -OCH3 is 1. The first-order chi connectivity index (χ1) is 8.08. The van der Waals surface area contributed by atoms with Crippen LogP contribution < -0.4 is 11.4 Å². The van der Waals surface area contributed by atoms with Crippen LogP contribution in [0.1, 0.15) is 19.1 Å². The first-order valence-corrected chi connectivity index (χ1v) is 5.10. The van der Waals surface area contributed by atoms with Gasteiger partial charge in [-0.05, 0) is 6.42 Å². The molecule has 2 atom stereocenters. The van der Waals surface area contributed by atoms with Crippen molar-refractivity contribution in [3.05, 3.63) is 16.8 Å². The summed E-state index contributed by atoms with van der Waals surface area (Å²) in [5.74, 6) is -0.114. The third-order valence-corrected chi connectivity index (χ3v) is 2.26. The Labute approximate surface area is 97.7 Å². The van der Waals surface area contributed by atoms with Gasteiger partial charge in [-0.2, -0.15) is 4.98 Å². The number of aromatic nitrogens is 3. The van der Waals surface area contributed by atoms with Crippen molar-refractivity contribution in [1.82, 2.24) is 14.5 Å². The maximum absolute atomic E-state index is 11.5. The van der Waals surface area contributed by atoms with Crippen molar-refractivity contribution in [3.8, 4) is 0 Å². The molecule has 0 amide bonds. The van der Waals surface area contributed by atoms with Crippen LogP contribution in [0.25, 0.3) is 0 Å². The van der Waals surface area contributed by atoms with Gasteiger partial charge in [0, 0.05) is 20.1 Å². The van der Waals surface area contributed by atoms with Crippen molar-refractivity contribution in [1.29, 1.82) is 0 Å². The molecular weight excluding hydrogens is 228 g/mol. The topological polar surface area (TPSA) is 123 Å². The smallest absolute Gasteiger partial charge is 0.354 e. The molecule has 8 heteroatoms. The number of ether oxygens (including phenoxy) is 1. The highest BCUT2D eigenvalue weighted by Crippen LogP contribution is 2.13. The van der Waals surface area contributed by atoms with Crippen LogP contribution in [0.5, 0.6) is 0 Å². The second-order valence-electron chi connectivity index (χ2n) is 3.50. The van der Waals surface area contributed by atoms with Gasteiger partial charge in [-0.25, -0.2) is 9.78 Å². The summed E-state index contributed by atoms with van der Waals surface area (Å²) in [6.45, 7) is -0.134. The van der Waals surface area contributed by atoms with Crippen LogP contribution in [0.15, 0.2) is 11.1 Å². The molecule has 17 heavy (non-hydrogen) atoms. The maximum atomic E-state index is 11.5. The molecule has 8 nitrogen and oxygen atoms in total.